The molecular weight excluding hydrogens is 196 g/mol. The Morgan fingerprint density at radius 2 is 2.47 bits per heavy atom. The molecule has 1 saturated heterocycles. The molecular formula is C10H20N2O3. The van der Waals surface area contributed by atoms with Crippen molar-refractivity contribution in [1.29, 1.82) is 0 Å². The summed E-state index contributed by atoms with van der Waals surface area (Å²) >= 11 is 0. The van der Waals surface area contributed by atoms with Gasteiger partial charge in [-0.15, -0.1) is 0 Å². The predicted octanol–water partition coefficient (Wildman–Crippen LogP) is -0.230. The zero-order chi connectivity index (χ0) is 11.3. The third kappa shape index (κ3) is 3.77. The highest BCUT2D eigenvalue weighted by Crippen LogP contribution is 2.06. The number of carboxylic acid groups (broad SMARTS) is 1. The van der Waals surface area contributed by atoms with E-state index in [0.29, 0.717) is 32.3 Å². The molecule has 0 aromatic heterocycles. The van der Waals surface area contributed by atoms with Crippen LogP contribution in [0.25, 0.3) is 0 Å². The highest BCUT2D eigenvalue weighted by molar-refractivity contribution is 5.73. The molecule has 0 radical (unpaired) electrons. The van der Waals surface area contributed by atoms with E-state index in [0.717, 1.165) is 6.54 Å². The Kier molecular flexibility index (Phi) is 5.01. The summed E-state index contributed by atoms with van der Waals surface area (Å²) in [5, 5.41) is 12.0. The van der Waals surface area contributed by atoms with Crippen molar-refractivity contribution in [2.75, 3.05) is 32.8 Å². The van der Waals surface area contributed by atoms with Crippen molar-refractivity contribution in [2.24, 2.45) is 0 Å². The molecule has 1 heterocycles. The monoisotopic (exact) mass is 216 g/mol. The summed E-state index contributed by atoms with van der Waals surface area (Å²) in [5.74, 6) is -0.782. The standard InChI is InChI=1S/C10H20N2O3/c1-3-11-9(10(13)14)6-12-4-5-15-7-8(12)2/h8-9,11H,3-7H2,1-2H3,(H,13,14). The largest absolute Gasteiger partial charge is 0.480 e. The molecule has 1 rings (SSSR count). The Labute approximate surface area is 90.4 Å². The highest BCUT2D eigenvalue weighted by atomic mass is 16.5. The Morgan fingerprint density at radius 1 is 1.73 bits per heavy atom. The molecule has 2 unspecified atom stereocenters. The van der Waals surface area contributed by atoms with Gasteiger partial charge >= 0.3 is 5.97 Å². The van der Waals surface area contributed by atoms with Gasteiger partial charge in [-0.25, -0.2) is 0 Å². The summed E-state index contributed by atoms with van der Waals surface area (Å²) < 4.78 is 5.30. The maximum atomic E-state index is 10.9. The second kappa shape index (κ2) is 6.05. The van der Waals surface area contributed by atoms with Gasteiger partial charge in [-0.05, 0) is 13.5 Å². The topological polar surface area (TPSA) is 61.8 Å². The number of carboxylic acids is 1. The molecule has 1 aliphatic rings. The van der Waals surface area contributed by atoms with Crippen molar-refractivity contribution >= 4 is 5.97 Å². The number of aliphatic carboxylic acids is 1. The van der Waals surface area contributed by atoms with Gasteiger partial charge in [0.05, 0.1) is 13.2 Å². The van der Waals surface area contributed by atoms with Crippen LogP contribution < -0.4 is 5.32 Å². The minimum Gasteiger partial charge on any atom is -0.480 e. The number of carbonyl (C=O) groups is 1. The van der Waals surface area contributed by atoms with Crippen molar-refractivity contribution < 1.29 is 14.6 Å². The fourth-order valence-electron chi connectivity index (χ4n) is 1.74. The molecule has 2 N–H and O–H groups in total. The van der Waals surface area contributed by atoms with E-state index in [-0.39, 0.29) is 0 Å². The smallest absolute Gasteiger partial charge is 0.322 e. The van der Waals surface area contributed by atoms with Crippen LogP contribution in [0.4, 0.5) is 0 Å². The minimum atomic E-state index is -0.782. The van der Waals surface area contributed by atoms with Crippen molar-refractivity contribution in [3.63, 3.8) is 0 Å². The molecule has 88 valence electrons. The lowest BCUT2D eigenvalue weighted by molar-refractivity contribution is -0.140. The maximum absolute atomic E-state index is 10.9. The second-order valence-electron chi connectivity index (χ2n) is 3.87. The van der Waals surface area contributed by atoms with Crippen LogP contribution in [-0.2, 0) is 9.53 Å². The Hall–Kier alpha value is -0.650. The molecule has 0 aliphatic carbocycles. The molecule has 2 atom stereocenters. The predicted molar refractivity (Wildman–Crippen MR) is 57.0 cm³/mol. The van der Waals surface area contributed by atoms with Gasteiger partial charge in [0.25, 0.3) is 0 Å². The van der Waals surface area contributed by atoms with Crippen molar-refractivity contribution in [3.8, 4) is 0 Å². The van der Waals surface area contributed by atoms with Gasteiger partial charge < -0.3 is 15.2 Å². The molecule has 0 bridgehead atoms. The molecule has 0 amide bonds. The zero-order valence-corrected chi connectivity index (χ0v) is 9.40. The molecule has 5 heteroatoms. The van der Waals surface area contributed by atoms with Crippen molar-refractivity contribution in [3.05, 3.63) is 0 Å². The van der Waals surface area contributed by atoms with Gasteiger partial charge in [-0.2, -0.15) is 0 Å². The third-order valence-electron chi connectivity index (χ3n) is 2.67. The van der Waals surface area contributed by atoms with E-state index in [1.54, 1.807) is 0 Å². The van der Waals surface area contributed by atoms with E-state index in [9.17, 15) is 4.79 Å². The lowest BCUT2D eigenvalue weighted by Gasteiger charge is -2.34. The average Bonchev–Trinajstić information content (AvgIpc) is 2.20. The summed E-state index contributed by atoms with van der Waals surface area (Å²) in [6.07, 6.45) is 0. The number of hydrogen-bond donors (Lipinski definition) is 2. The van der Waals surface area contributed by atoms with Gasteiger partial charge in [-0.1, -0.05) is 6.92 Å². The number of hydrogen-bond acceptors (Lipinski definition) is 4. The molecule has 0 aromatic rings. The van der Waals surface area contributed by atoms with E-state index in [1.807, 2.05) is 6.92 Å². The molecule has 5 nitrogen and oxygen atoms in total. The minimum absolute atomic E-state index is 0.305. The maximum Gasteiger partial charge on any atom is 0.322 e. The van der Waals surface area contributed by atoms with E-state index in [2.05, 4.69) is 17.1 Å². The quantitative estimate of drug-likeness (QED) is 0.664. The molecule has 1 fully saturated rings. The lowest BCUT2D eigenvalue weighted by Crippen LogP contribution is -2.52. The van der Waals surface area contributed by atoms with Gasteiger partial charge in [-0.3, -0.25) is 9.69 Å². The van der Waals surface area contributed by atoms with Gasteiger partial charge in [0.1, 0.15) is 6.04 Å². The highest BCUT2D eigenvalue weighted by Gasteiger charge is 2.25. The number of nitrogens with one attached hydrogen (secondary N) is 1. The first-order valence-corrected chi connectivity index (χ1v) is 5.43. The Bertz CT molecular complexity index is 211. The number of nitrogens with zero attached hydrogens (tertiary/aromatic N) is 1. The van der Waals surface area contributed by atoms with Crippen LogP contribution in [0.1, 0.15) is 13.8 Å². The van der Waals surface area contributed by atoms with E-state index in [1.165, 1.54) is 0 Å². The van der Waals surface area contributed by atoms with E-state index >= 15 is 0 Å². The third-order valence-corrected chi connectivity index (χ3v) is 2.67. The summed E-state index contributed by atoms with van der Waals surface area (Å²) in [6.45, 7) is 7.41. The SMILES string of the molecule is CCNC(CN1CCOCC1C)C(=O)O. The number of morpholine rings is 1. The van der Waals surface area contributed by atoms with Crippen LogP contribution in [0.3, 0.4) is 0 Å². The fraction of sp³-hybridized carbons (Fsp3) is 0.900. The Morgan fingerprint density at radius 3 is 3.00 bits per heavy atom. The summed E-state index contributed by atoms with van der Waals surface area (Å²) in [7, 11) is 0. The van der Waals surface area contributed by atoms with Crippen LogP contribution in [-0.4, -0.2) is 60.9 Å². The summed E-state index contributed by atoms with van der Waals surface area (Å²) in [5.41, 5.74) is 0. The molecule has 0 spiro atoms. The second-order valence-corrected chi connectivity index (χ2v) is 3.87. The lowest BCUT2D eigenvalue weighted by atomic mass is 10.2. The number of ether oxygens (including phenoxy) is 1. The first kappa shape index (κ1) is 12.4. The first-order chi connectivity index (χ1) is 7.15. The summed E-state index contributed by atoms with van der Waals surface area (Å²) in [6, 6.07) is -0.171. The van der Waals surface area contributed by atoms with Crippen molar-refractivity contribution in [1.82, 2.24) is 10.2 Å². The van der Waals surface area contributed by atoms with Crippen molar-refractivity contribution in [2.45, 2.75) is 25.9 Å². The van der Waals surface area contributed by atoms with Gasteiger partial charge in [0, 0.05) is 19.1 Å². The number of rotatable bonds is 5. The first-order valence-electron chi connectivity index (χ1n) is 5.43. The van der Waals surface area contributed by atoms with Gasteiger partial charge in [0.15, 0.2) is 0 Å². The zero-order valence-electron chi connectivity index (χ0n) is 9.40. The van der Waals surface area contributed by atoms with Crippen LogP contribution in [0.5, 0.6) is 0 Å². The normalized spacial score (nSPS) is 25.1. The molecule has 15 heavy (non-hydrogen) atoms. The van der Waals surface area contributed by atoms with Crippen LogP contribution >= 0.6 is 0 Å². The van der Waals surface area contributed by atoms with Crippen LogP contribution in [0.2, 0.25) is 0 Å². The van der Waals surface area contributed by atoms with E-state index < -0.39 is 12.0 Å². The average molecular weight is 216 g/mol. The van der Waals surface area contributed by atoms with E-state index in [4.69, 9.17) is 9.84 Å². The fourth-order valence-corrected chi connectivity index (χ4v) is 1.74. The van der Waals surface area contributed by atoms with Gasteiger partial charge in [0.2, 0.25) is 0 Å². The van der Waals surface area contributed by atoms with Crippen LogP contribution in [0.15, 0.2) is 0 Å². The Balaban J connectivity index is 2.44. The molecule has 0 aromatic carbocycles. The molecule has 0 saturated carbocycles. The van der Waals surface area contributed by atoms with Crippen LogP contribution in [0, 0.1) is 0 Å². The number of likely N-dealkylation sites (N-methyl/N-ethyl adjacent to an activating group) is 1. The summed E-state index contributed by atoms with van der Waals surface area (Å²) in [4.78, 5) is 13.1. The molecule has 1 aliphatic heterocycles.